The van der Waals surface area contributed by atoms with Crippen molar-refractivity contribution in [3.05, 3.63) is 41.2 Å². The molecule has 5 nitrogen and oxygen atoms in total. The van der Waals surface area contributed by atoms with Crippen molar-refractivity contribution in [1.82, 2.24) is 9.78 Å². The second-order valence-corrected chi connectivity index (χ2v) is 4.54. The minimum atomic E-state index is -0.172. The Bertz CT molecular complexity index is 616. The van der Waals surface area contributed by atoms with Gasteiger partial charge in [-0.15, -0.1) is 0 Å². The summed E-state index contributed by atoms with van der Waals surface area (Å²) < 4.78 is 1.69. The number of amides is 1. The van der Waals surface area contributed by atoms with E-state index in [0.717, 1.165) is 23.4 Å². The van der Waals surface area contributed by atoms with Crippen LogP contribution < -0.4 is 11.1 Å². The Labute approximate surface area is 112 Å². The van der Waals surface area contributed by atoms with E-state index in [1.807, 2.05) is 27.0 Å². The number of aryl methyl sites for hydroxylation is 3. The molecular weight excluding hydrogens is 240 g/mol. The number of hydrogen-bond acceptors (Lipinski definition) is 3. The number of aromatic nitrogens is 2. The average molecular weight is 258 g/mol. The molecule has 0 spiro atoms. The summed E-state index contributed by atoms with van der Waals surface area (Å²) in [4.78, 5) is 12.2. The van der Waals surface area contributed by atoms with Crippen LogP contribution in [-0.4, -0.2) is 15.7 Å². The molecule has 0 aliphatic heterocycles. The molecule has 1 heterocycles. The smallest absolute Gasteiger partial charge is 0.255 e. The number of nitrogens with one attached hydrogen (secondary N) is 1. The number of rotatable bonds is 3. The molecule has 1 aromatic carbocycles. The van der Waals surface area contributed by atoms with Crippen LogP contribution in [0.3, 0.4) is 0 Å². The van der Waals surface area contributed by atoms with Gasteiger partial charge < -0.3 is 11.1 Å². The molecule has 1 aromatic heterocycles. The van der Waals surface area contributed by atoms with Gasteiger partial charge >= 0.3 is 0 Å². The zero-order valence-electron chi connectivity index (χ0n) is 11.4. The number of carbonyl (C=O) groups is 1. The molecule has 2 rings (SSSR count). The topological polar surface area (TPSA) is 72.9 Å². The lowest BCUT2D eigenvalue weighted by atomic mass is 10.1. The average Bonchev–Trinajstić information content (AvgIpc) is 2.72. The molecule has 1 amide bonds. The number of benzene rings is 1. The largest absolute Gasteiger partial charge is 0.398 e. The Balaban J connectivity index is 2.22. The van der Waals surface area contributed by atoms with Gasteiger partial charge in [-0.05, 0) is 31.0 Å². The third-order valence-electron chi connectivity index (χ3n) is 3.03. The molecule has 0 saturated heterocycles. The molecule has 0 atom stereocenters. The van der Waals surface area contributed by atoms with Gasteiger partial charge in [-0.25, -0.2) is 0 Å². The van der Waals surface area contributed by atoms with E-state index in [1.54, 1.807) is 23.0 Å². The molecule has 0 bridgehead atoms. The minimum Gasteiger partial charge on any atom is -0.398 e. The number of nitrogens with zero attached hydrogens (tertiary/aromatic N) is 2. The van der Waals surface area contributed by atoms with Crippen molar-refractivity contribution in [3.8, 4) is 0 Å². The van der Waals surface area contributed by atoms with Gasteiger partial charge in [-0.3, -0.25) is 9.48 Å². The summed E-state index contributed by atoms with van der Waals surface area (Å²) in [5.41, 5.74) is 9.57. The maximum Gasteiger partial charge on any atom is 0.255 e. The predicted molar refractivity (Wildman–Crippen MR) is 76.1 cm³/mol. The van der Waals surface area contributed by atoms with Crippen molar-refractivity contribution in [2.45, 2.75) is 20.3 Å². The third kappa shape index (κ3) is 2.76. The molecular formula is C14H18N4O. The van der Waals surface area contributed by atoms with Crippen LogP contribution in [0.4, 0.5) is 11.4 Å². The number of carbonyl (C=O) groups excluding carboxylic acids is 1. The molecule has 0 aliphatic rings. The fourth-order valence-electron chi connectivity index (χ4n) is 1.88. The number of nitrogen functional groups attached to an aromatic ring is 1. The van der Waals surface area contributed by atoms with Crippen molar-refractivity contribution in [2.24, 2.45) is 7.05 Å². The zero-order chi connectivity index (χ0) is 14.0. The SMILES string of the molecule is CCc1nn(C)cc1NC(=O)c1ccc(C)c(N)c1. The predicted octanol–water partition coefficient (Wildman–Crippen LogP) is 2.13. The van der Waals surface area contributed by atoms with E-state index in [2.05, 4.69) is 10.4 Å². The minimum absolute atomic E-state index is 0.172. The van der Waals surface area contributed by atoms with Gasteiger partial charge in [0.15, 0.2) is 0 Å². The molecule has 100 valence electrons. The quantitative estimate of drug-likeness (QED) is 0.828. The van der Waals surface area contributed by atoms with Gasteiger partial charge in [0, 0.05) is 24.5 Å². The van der Waals surface area contributed by atoms with E-state index >= 15 is 0 Å². The number of hydrogen-bond donors (Lipinski definition) is 2. The normalized spacial score (nSPS) is 10.5. The Hall–Kier alpha value is -2.30. The molecule has 0 aliphatic carbocycles. The molecule has 5 heteroatoms. The van der Waals surface area contributed by atoms with Crippen LogP contribution in [-0.2, 0) is 13.5 Å². The lowest BCUT2D eigenvalue weighted by molar-refractivity contribution is 0.102. The maximum absolute atomic E-state index is 12.2. The highest BCUT2D eigenvalue weighted by Crippen LogP contribution is 2.17. The third-order valence-corrected chi connectivity index (χ3v) is 3.03. The van der Waals surface area contributed by atoms with Crippen molar-refractivity contribution in [1.29, 1.82) is 0 Å². The van der Waals surface area contributed by atoms with Gasteiger partial charge in [0.25, 0.3) is 5.91 Å². The van der Waals surface area contributed by atoms with Crippen molar-refractivity contribution in [3.63, 3.8) is 0 Å². The zero-order valence-corrected chi connectivity index (χ0v) is 11.4. The molecule has 0 unspecified atom stereocenters. The first-order chi connectivity index (χ1) is 9.01. The number of nitrogens with two attached hydrogens (primary N) is 1. The molecule has 3 N–H and O–H groups in total. The molecule has 0 saturated carbocycles. The first-order valence-electron chi connectivity index (χ1n) is 6.21. The van der Waals surface area contributed by atoms with Gasteiger partial charge in [0.1, 0.15) is 0 Å². The van der Waals surface area contributed by atoms with E-state index in [9.17, 15) is 4.79 Å². The highest BCUT2D eigenvalue weighted by Gasteiger charge is 2.12. The Morgan fingerprint density at radius 1 is 1.47 bits per heavy atom. The Kier molecular flexibility index (Phi) is 3.55. The van der Waals surface area contributed by atoms with E-state index in [0.29, 0.717) is 11.3 Å². The summed E-state index contributed by atoms with van der Waals surface area (Å²) in [5, 5.41) is 7.15. The highest BCUT2D eigenvalue weighted by atomic mass is 16.1. The van der Waals surface area contributed by atoms with E-state index < -0.39 is 0 Å². The van der Waals surface area contributed by atoms with Crippen LogP contribution in [0.15, 0.2) is 24.4 Å². The second-order valence-electron chi connectivity index (χ2n) is 4.54. The van der Waals surface area contributed by atoms with Crippen LogP contribution in [0.2, 0.25) is 0 Å². The lowest BCUT2D eigenvalue weighted by Gasteiger charge is -2.06. The van der Waals surface area contributed by atoms with Crippen LogP contribution in [0, 0.1) is 6.92 Å². The first-order valence-corrected chi connectivity index (χ1v) is 6.21. The summed E-state index contributed by atoms with van der Waals surface area (Å²) in [7, 11) is 1.83. The molecule has 0 radical (unpaired) electrons. The van der Waals surface area contributed by atoms with Crippen molar-refractivity contribution in [2.75, 3.05) is 11.1 Å². The summed E-state index contributed by atoms with van der Waals surface area (Å²) in [6.45, 7) is 3.91. The maximum atomic E-state index is 12.2. The van der Waals surface area contributed by atoms with Crippen molar-refractivity contribution >= 4 is 17.3 Å². The van der Waals surface area contributed by atoms with Gasteiger partial charge in [-0.1, -0.05) is 13.0 Å². The summed E-state index contributed by atoms with van der Waals surface area (Å²) in [6, 6.07) is 5.30. The number of anilines is 2. The van der Waals surface area contributed by atoms with Gasteiger partial charge in [0.05, 0.1) is 11.4 Å². The fraction of sp³-hybridized carbons (Fsp3) is 0.286. The molecule has 0 fully saturated rings. The van der Waals surface area contributed by atoms with Crippen LogP contribution in [0.5, 0.6) is 0 Å². The standard InChI is InChI=1S/C14H18N4O/c1-4-12-13(8-18(3)17-12)16-14(19)10-6-5-9(2)11(15)7-10/h5-8H,4,15H2,1-3H3,(H,16,19). The van der Waals surface area contributed by atoms with E-state index in [-0.39, 0.29) is 5.91 Å². The van der Waals surface area contributed by atoms with Gasteiger partial charge in [-0.2, -0.15) is 5.10 Å². The van der Waals surface area contributed by atoms with Crippen molar-refractivity contribution < 1.29 is 4.79 Å². The fourth-order valence-corrected chi connectivity index (χ4v) is 1.88. The highest BCUT2D eigenvalue weighted by molar-refractivity contribution is 6.05. The van der Waals surface area contributed by atoms with Crippen LogP contribution in [0.1, 0.15) is 28.5 Å². The van der Waals surface area contributed by atoms with Gasteiger partial charge in [0.2, 0.25) is 0 Å². The summed E-state index contributed by atoms with van der Waals surface area (Å²) in [6.07, 6.45) is 2.57. The Morgan fingerprint density at radius 2 is 2.21 bits per heavy atom. The summed E-state index contributed by atoms with van der Waals surface area (Å²) in [5.74, 6) is -0.172. The van der Waals surface area contributed by atoms with Crippen LogP contribution in [0.25, 0.3) is 0 Å². The second kappa shape index (κ2) is 5.14. The molecule has 19 heavy (non-hydrogen) atoms. The van der Waals surface area contributed by atoms with Crippen LogP contribution >= 0.6 is 0 Å². The van der Waals surface area contributed by atoms with E-state index in [1.165, 1.54) is 0 Å². The molecule has 2 aromatic rings. The van der Waals surface area contributed by atoms with E-state index in [4.69, 9.17) is 5.73 Å². The first kappa shape index (κ1) is 13.1. The lowest BCUT2D eigenvalue weighted by Crippen LogP contribution is -2.13. The Morgan fingerprint density at radius 3 is 2.84 bits per heavy atom. The monoisotopic (exact) mass is 258 g/mol. The summed E-state index contributed by atoms with van der Waals surface area (Å²) >= 11 is 0.